The smallest absolute Gasteiger partial charge is 0.410 e. The van der Waals surface area contributed by atoms with Crippen LogP contribution in [0.1, 0.15) is 46.5 Å². The van der Waals surface area contributed by atoms with Gasteiger partial charge in [-0.1, -0.05) is 0 Å². The molecular formula is C23H30N6O6S. The molecule has 0 aliphatic carbocycles. The van der Waals surface area contributed by atoms with E-state index in [4.69, 9.17) is 4.74 Å². The number of nitrogens with one attached hydrogen (secondary N) is 2. The first-order valence-electron chi connectivity index (χ1n) is 11.7. The summed E-state index contributed by atoms with van der Waals surface area (Å²) in [6.45, 7) is 5.50. The van der Waals surface area contributed by atoms with Crippen molar-refractivity contribution in [2.24, 2.45) is 0 Å². The lowest BCUT2D eigenvalue weighted by atomic mass is 9.97. The van der Waals surface area contributed by atoms with E-state index in [0.717, 1.165) is 19.1 Å². The van der Waals surface area contributed by atoms with Gasteiger partial charge in [-0.3, -0.25) is 10.1 Å². The van der Waals surface area contributed by atoms with Gasteiger partial charge in [0.15, 0.2) is 9.84 Å². The fraction of sp³-hybridized carbons (Fsp3) is 0.522. The predicted molar refractivity (Wildman–Crippen MR) is 133 cm³/mol. The van der Waals surface area contributed by atoms with Gasteiger partial charge in [0, 0.05) is 30.1 Å². The Hall–Kier alpha value is -3.48. The molecule has 2 aliphatic rings. The third kappa shape index (κ3) is 5.66. The van der Waals surface area contributed by atoms with Gasteiger partial charge < -0.3 is 20.3 Å². The zero-order valence-corrected chi connectivity index (χ0v) is 21.4. The molecular weight excluding hydrogens is 488 g/mol. The molecule has 3 atom stereocenters. The number of hydrogen-bond acceptors (Lipinski definition) is 10. The third-order valence-corrected chi connectivity index (χ3v) is 7.36. The largest absolute Gasteiger partial charge is 0.444 e. The molecule has 2 fully saturated rings. The van der Waals surface area contributed by atoms with Crippen LogP contribution in [0.15, 0.2) is 35.5 Å². The number of aromatic nitrogens is 2. The summed E-state index contributed by atoms with van der Waals surface area (Å²) in [7, 11) is -3.36. The second kappa shape index (κ2) is 9.52. The summed E-state index contributed by atoms with van der Waals surface area (Å²) in [4.78, 5) is 34.2. The average Bonchev–Trinajstić information content (AvgIpc) is 3.03. The van der Waals surface area contributed by atoms with Crippen LogP contribution in [-0.4, -0.2) is 64.3 Å². The van der Waals surface area contributed by atoms with E-state index in [1.54, 1.807) is 0 Å². The molecule has 4 rings (SSSR count). The summed E-state index contributed by atoms with van der Waals surface area (Å²) in [5, 5.41) is 18.1. The molecule has 2 aromatic rings. The minimum atomic E-state index is -3.36. The van der Waals surface area contributed by atoms with Gasteiger partial charge in [0.2, 0.25) is 11.6 Å². The number of hydrogen-bond donors (Lipinski definition) is 2. The standard InChI is InChI=1S/C23H30N6O6S/c1-23(2,3)35-22(30)28-16-7-8-17(28)12-15(11-16)27-21-19(29(31)32)20(24-13-25-21)26-14-5-9-18(10-6-14)36(4,33)34/h5-6,9-10,13,15-17H,7-8,11-12H2,1-4H3,(H2,24,25,26,27)/t15?,16-,17+. The summed E-state index contributed by atoms with van der Waals surface area (Å²) < 4.78 is 28.9. The molecule has 2 aliphatic heterocycles. The van der Waals surface area contributed by atoms with E-state index < -0.39 is 20.4 Å². The summed E-state index contributed by atoms with van der Waals surface area (Å²) in [6, 6.07) is 5.72. The van der Waals surface area contributed by atoms with E-state index in [9.17, 15) is 23.3 Å². The molecule has 0 spiro atoms. The lowest BCUT2D eigenvalue weighted by Crippen LogP contribution is -2.51. The Bertz CT molecular complexity index is 1250. The Morgan fingerprint density at radius 2 is 1.69 bits per heavy atom. The number of benzene rings is 1. The quantitative estimate of drug-likeness (QED) is 0.425. The number of amides is 1. The summed E-state index contributed by atoms with van der Waals surface area (Å²) in [6.07, 6.45) is 4.95. The Labute approximate surface area is 209 Å². The summed E-state index contributed by atoms with van der Waals surface area (Å²) >= 11 is 0. The number of nitrogens with zero attached hydrogens (tertiary/aromatic N) is 4. The lowest BCUT2D eigenvalue weighted by Gasteiger charge is -2.39. The third-order valence-electron chi connectivity index (χ3n) is 6.23. The van der Waals surface area contributed by atoms with Gasteiger partial charge in [0.1, 0.15) is 11.9 Å². The lowest BCUT2D eigenvalue weighted by molar-refractivity contribution is -0.383. The molecule has 36 heavy (non-hydrogen) atoms. The van der Waals surface area contributed by atoms with Crippen LogP contribution in [-0.2, 0) is 14.6 Å². The average molecular weight is 519 g/mol. The van der Waals surface area contributed by atoms with Gasteiger partial charge in [0.25, 0.3) is 0 Å². The maximum atomic E-state index is 12.7. The van der Waals surface area contributed by atoms with Crippen molar-refractivity contribution in [2.45, 2.75) is 75.1 Å². The molecule has 1 aromatic carbocycles. The van der Waals surface area contributed by atoms with Gasteiger partial charge in [-0.25, -0.2) is 23.2 Å². The normalized spacial score (nSPS) is 21.7. The second-order valence-corrected chi connectivity index (χ2v) is 12.2. The van der Waals surface area contributed by atoms with Crippen LogP contribution in [0.25, 0.3) is 0 Å². The molecule has 0 saturated carbocycles. The Morgan fingerprint density at radius 1 is 1.11 bits per heavy atom. The number of piperidine rings is 1. The number of anilines is 3. The highest BCUT2D eigenvalue weighted by Gasteiger charge is 2.45. The SMILES string of the molecule is CC(C)(C)OC(=O)N1[C@@H]2CC[C@H]1CC(Nc1ncnc(Nc3ccc(S(C)(=O)=O)cc3)c1[N+](=O)[O-])C2. The van der Waals surface area contributed by atoms with Crippen molar-refractivity contribution in [3.05, 3.63) is 40.7 Å². The number of carbonyl (C=O) groups excluding carboxylic acids is 1. The molecule has 13 heteroatoms. The first-order chi connectivity index (χ1) is 16.8. The molecule has 1 amide bonds. The Morgan fingerprint density at radius 3 is 2.22 bits per heavy atom. The van der Waals surface area contributed by atoms with Gasteiger partial charge in [-0.05, 0) is 70.7 Å². The molecule has 2 saturated heterocycles. The van der Waals surface area contributed by atoms with Gasteiger partial charge in [-0.15, -0.1) is 0 Å². The van der Waals surface area contributed by atoms with Crippen LogP contribution >= 0.6 is 0 Å². The zero-order chi connectivity index (χ0) is 26.3. The van der Waals surface area contributed by atoms with Crippen molar-refractivity contribution in [2.75, 3.05) is 16.9 Å². The molecule has 12 nitrogen and oxygen atoms in total. The zero-order valence-electron chi connectivity index (χ0n) is 20.6. The van der Waals surface area contributed by atoms with Crippen LogP contribution < -0.4 is 10.6 Å². The van der Waals surface area contributed by atoms with Gasteiger partial charge >= 0.3 is 11.8 Å². The van der Waals surface area contributed by atoms with Crippen molar-refractivity contribution in [1.29, 1.82) is 0 Å². The molecule has 1 aromatic heterocycles. The first-order valence-corrected chi connectivity index (χ1v) is 13.6. The second-order valence-electron chi connectivity index (χ2n) is 10.2. The van der Waals surface area contributed by atoms with Crippen molar-refractivity contribution < 1.29 is 22.9 Å². The molecule has 1 unspecified atom stereocenters. The van der Waals surface area contributed by atoms with E-state index in [0.29, 0.717) is 18.5 Å². The van der Waals surface area contributed by atoms with Crippen LogP contribution in [0.5, 0.6) is 0 Å². The highest BCUT2D eigenvalue weighted by atomic mass is 32.2. The monoisotopic (exact) mass is 518 g/mol. The minimum absolute atomic E-state index is 0.0112. The van der Waals surface area contributed by atoms with Crippen LogP contribution in [0.3, 0.4) is 0 Å². The van der Waals surface area contributed by atoms with Crippen molar-refractivity contribution >= 4 is 38.9 Å². The fourth-order valence-electron chi connectivity index (χ4n) is 4.77. The van der Waals surface area contributed by atoms with E-state index in [1.807, 2.05) is 25.7 Å². The maximum Gasteiger partial charge on any atom is 0.410 e. The van der Waals surface area contributed by atoms with E-state index in [1.165, 1.54) is 30.6 Å². The number of ether oxygens (including phenoxy) is 1. The number of sulfone groups is 1. The van der Waals surface area contributed by atoms with Crippen LogP contribution in [0, 0.1) is 10.1 Å². The predicted octanol–water partition coefficient (Wildman–Crippen LogP) is 3.87. The topological polar surface area (TPSA) is 157 Å². The Kier molecular flexibility index (Phi) is 6.78. The van der Waals surface area contributed by atoms with Crippen molar-refractivity contribution in [3.63, 3.8) is 0 Å². The number of rotatable bonds is 6. The van der Waals surface area contributed by atoms with Crippen LogP contribution in [0.2, 0.25) is 0 Å². The molecule has 2 bridgehead atoms. The van der Waals surface area contributed by atoms with E-state index >= 15 is 0 Å². The minimum Gasteiger partial charge on any atom is -0.444 e. The maximum absolute atomic E-state index is 12.7. The number of fused-ring (bicyclic) bond motifs is 2. The van der Waals surface area contributed by atoms with Gasteiger partial charge in [0.05, 0.1) is 9.82 Å². The van der Waals surface area contributed by atoms with Crippen LogP contribution in [0.4, 0.5) is 27.8 Å². The molecule has 2 N–H and O–H groups in total. The highest BCUT2D eigenvalue weighted by Crippen LogP contribution is 2.39. The molecule has 3 heterocycles. The van der Waals surface area contributed by atoms with Crippen molar-refractivity contribution in [1.82, 2.24) is 14.9 Å². The number of carbonyl (C=O) groups is 1. The highest BCUT2D eigenvalue weighted by molar-refractivity contribution is 7.90. The Balaban J connectivity index is 1.51. The molecule has 0 radical (unpaired) electrons. The summed E-state index contributed by atoms with van der Waals surface area (Å²) in [5.41, 5.74) is -0.452. The van der Waals surface area contributed by atoms with Gasteiger partial charge in [-0.2, -0.15) is 0 Å². The first kappa shape index (κ1) is 25.6. The van der Waals surface area contributed by atoms with Crippen molar-refractivity contribution in [3.8, 4) is 0 Å². The fourth-order valence-corrected chi connectivity index (χ4v) is 5.40. The molecule has 194 valence electrons. The number of nitro groups is 1. The summed E-state index contributed by atoms with van der Waals surface area (Å²) in [5.74, 6) is 0.0687. The van der Waals surface area contributed by atoms with E-state index in [-0.39, 0.29) is 46.4 Å². The van der Waals surface area contributed by atoms with E-state index in [2.05, 4.69) is 20.6 Å².